The lowest BCUT2D eigenvalue weighted by molar-refractivity contribution is -0.192. The van der Waals surface area contributed by atoms with Crippen molar-refractivity contribution in [3.63, 3.8) is 0 Å². The van der Waals surface area contributed by atoms with Gasteiger partial charge < -0.3 is 15.0 Å². The first kappa shape index (κ1) is 25.5. The van der Waals surface area contributed by atoms with Gasteiger partial charge in [-0.25, -0.2) is 4.98 Å². The molecule has 0 spiro atoms. The molecule has 0 aromatic carbocycles. The maximum absolute atomic E-state index is 13.1. The Morgan fingerprint density at radius 1 is 1.33 bits per heavy atom. The molecule has 0 amide bonds. The number of nitrogens with one attached hydrogen (secondary N) is 2. The Bertz CT molecular complexity index is 853. The van der Waals surface area contributed by atoms with E-state index in [2.05, 4.69) is 41.3 Å². The highest BCUT2D eigenvalue weighted by Gasteiger charge is 2.62. The first-order valence-corrected chi connectivity index (χ1v) is 11.6. The van der Waals surface area contributed by atoms with Crippen LogP contribution in [-0.2, 0) is 4.74 Å². The van der Waals surface area contributed by atoms with E-state index in [1.165, 1.54) is 0 Å². The number of halogens is 3. The highest BCUT2D eigenvalue weighted by Crippen LogP contribution is 2.59. The number of ether oxygens (including phenoxy) is 1. The maximum atomic E-state index is 13.1. The fraction of sp³-hybridized carbons (Fsp3) is 0.667. The number of pyridine rings is 1. The van der Waals surface area contributed by atoms with Gasteiger partial charge in [0.05, 0.1) is 11.0 Å². The number of carbonyl (C=O) groups excluding carboxylic acids is 1. The summed E-state index contributed by atoms with van der Waals surface area (Å²) in [5.74, 6) is 1.79. The monoisotopic (exact) mass is 468 g/mol. The van der Waals surface area contributed by atoms with Crippen LogP contribution in [0.1, 0.15) is 63.2 Å². The summed E-state index contributed by atoms with van der Waals surface area (Å²) >= 11 is 0. The molecular formula is C24H35F3N4O2. The van der Waals surface area contributed by atoms with Crippen LogP contribution in [0.25, 0.3) is 0 Å². The van der Waals surface area contributed by atoms with Crippen LogP contribution in [-0.4, -0.2) is 49.4 Å². The zero-order valence-corrected chi connectivity index (χ0v) is 19.8. The molecule has 184 valence electrons. The lowest BCUT2D eigenvalue weighted by atomic mass is 9.95. The number of hydrogen-bond acceptors (Lipinski definition) is 6. The highest BCUT2D eigenvalue weighted by molar-refractivity contribution is 5.84. The standard InChI is InChI=1S/C24H35F3N4O2/c1-5-17-14-22(2,3)31(15-17)21-18(16-32)6-7-19(30-21)29-12-8-20(28-4)33-13-11-23(9-10-23)24(25,26)27/h6-8,12,16-17,20,28H,5,9-11,13-15H2,1-4H3,(H,29,30)/b12-8-. The second kappa shape index (κ2) is 10.0. The third kappa shape index (κ3) is 5.87. The average molecular weight is 469 g/mol. The Balaban J connectivity index is 1.61. The van der Waals surface area contributed by atoms with Gasteiger partial charge in [0.2, 0.25) is 0 Å². The van der Waals surface area contributed by atoms with Crippen LogP contribution in [0.3, 0.4) is 0 Å². The van der Waals surface area contributed by atoms with Crippen LogP contribution in [0, 0.1) is 11.3 Å². The number of likely N-dealkylation sites (N-methyl/N-ethyl adjacent to an activating group) is 1. The summed E-state index contributed by atoms with van der Waals surface area (Å²) < 4.78 is 44.7. The van der Waals surface area contributed by atoms with Gasteiger partial charge in [0.1, 0.15) is 17.9 Å². The minimum absolute atomic E-state index is 0.0222. The van der Waals surface area contributed by atoms with E-state index in [1.807, 2.05) is 0 Å². The van der Waals surface area contributed by atoms with Crippen molar-refractivity contribution in [1.82, 2.24) is 10.3 Å². The van der Waals surface area contributed by atoms with E-state index in [-0.39, 0.29) is 31.4 Å². The van der Waals surface area contributed by atoms with Crippen LogP contribution < -0.4 is 15.5 Å². The third-order valence-electron chi connectivity index (χ3n) is 6.94. The fourth-order valence-corrected chi connectivity index (χ4v) is 4.54. The Kier molecular flexibility index (Phi) is 7.73. The van der Waals surface area contributed by atoms with Crippen molar-refractivity contribution in [3.8, 4) is 0 Å². The molecule has 33 heavy (non-hydrogen) atoms. The summed E-state index contributed by atoms with van der Waals surface area (Å²) in [4.78, 5) is 18.5. The summed E-state index contributed by atoms with van der Waals surface area (Å²) in [7, 11) is 1.68. The normalized spacial score (nSPS) is 22.5. The van der Waals surface area contributed by atoms with Gasteiger partial charge >= 0.3 is 6.18 Å². The SMILES string of the molecule is CCC1CN(c2nc(N/C=C\C(NC)OCCC3(C(F)(F)F)CC3)ccc2C=O)C(C)(C)C1. The van der Waals surface area contributed by atoms with E-state index in [9.17, 15) is 18.0 Å². The van der Waals surface area contributed by atoms with Gasteiger partial charge in [-0.2, -0.15) is 13.2 Å². The molecule has 2 N–H and O–H groups in total. The zero-order valence-electron chi connectivity index (χ0n) is 19.8. The molecule has 2 fully saturated rings. The molecule has 1 aliphatic heterocycles. The molecule has 1 aromatic rings. The number of carbonyl (C=O) groups is 1. The predicted octanol–water partition coefficient (Wildman–Crippen LogP) is 5.13. The van der Waals surface area contributed by atoms with Crippen molar-refractivity contribution in [2.45, 2.75) is 70.8 Å². The molecule has 1 aliphatic carbocycles. The lowest BCUT2D eigenvalue weighted by Crippen LogP contribution is -2.39. The molecule has 1 saturated heterocycles. The summed E-state index contributed by atoms with van der Waals surface area (Å²) in [5.41, 5.74) is -1.11. The van der Waals surface area contributed by atoms with Crippen LogP contribution in [0.5, 0.6) is 0 Å². The lowest BCUT2D eigenvalue weighted by Gasteiger charge is -2.33. The average Bonchev–Trinajstić information content (AvgIpc) is 3.50. The first-order valence-electron chi connectivity index (χ1n) is 11.6. The van der Waals surface area contributed by atoms with Crippen LogP contribution >= 0.6 is 0 Å². The van der Waals surface area contributed by atoms with Crippen molar-refractivity contribution in [3.05, 3.63) is 30.0 Å². The fourth-order valence-electron chi connectivity index (χ4n) is 4.54. The highest BCUT2D eigenvalue weighted by atomic mass is 19.4. The molecule has 2 atom stereocenters. The van der Waals surface area contributed by atoms with Gasteiger partial charge in [0, 0.05) is 24.9 Å². The molecule has 6 nitrogen and oxygen atoms in total. The molecule has 9 heteroatoms. The summed E-state index contributed by atoms with van der Waals surface area (Å²) in [5, 5.41) is 6.01. The largest absolute Gasteiger partial charge is 0.394 e. The molecular weight excluding hydrogens is 433 g/mol. The van der Waals surface area contributed by atoms with E-state index in [0.717, 1.165) is 25.7 Å². The van der Waals surface area contributed by atoms with Gasteiger partial charge in [0.15, 0.2) is 6.29 Å². The number of nitrogens with zero attached hydrogens (tertiary/aromatic N) is 2. The number of aldehydes is 1. The molecule has 2 heterocycles. The second-order valence-corrected chi connectivity index (χ2v) is 9.74. The van der Waals surface area contributed by atoms with Gasteiger partial charge in [-0.05, 0) is 70.7 Å². The molecule has 0 bridgehead atoms. The zero-order chi connectivity index (χ0) is 24.3. The molecule has 1 saturated carbocycles. The van der Waals surface area contributed by atoms with E-state index >= 15 is 0 Å². The van der Waals surface area contributed by atoms with E-state index < -0.39 is 17.8 Å². The number of anilines is 2. The van der Waals surface area contributed by atoms with Crippen molar-refractivity contribution in [2.24, 2.45) is 11.3 Å². The van der Waals surface area contributed by atoms with Crippen molar-refractivity contribution < 1.29 is 22.7 Å². The van der Waals surface area contributed by atoms with Crippen LogP contribution in [0.4, 0.5) is 24.8 Å². The maximum Gasteiger partial charge on any atom is 0.394 e. The van der Waals surface area contributed by atoms with Gasteiger partial charge in [-0.15, -0.1) is 0 Å². The predicted molar refractivity (Wildman–Crippen MR) is 123 cm³/mol. The minimum atomic E-state index is -4.17. The molecule has 3 rings (SSSR count). The number of alkyl halides is 3. The molecule has 0 radical (unpaired) electrons. The first-order chi connectivity index (χ1) is 15.5. The number of aromatic nitrogens is 1. The smallest absolute Gasteiger partial charge is 0.360 e. The van der Waals surface area contributed by atoms with Gasteiger partial charge in [-0.3, -0.25) is 10.1 Å². The Hall–Kier alpha value is -2.13. The Morgan fingerprint density at radius 3 is 2.61 bits per heavy atom. The molecule has 1 aromatic heterocycles. The van der Waals surface area contributed by atoms with Crippen molar-refractivity contribution >= 4 is 17.9 Å². The van der Waals surface area contributed by atoms with Crippen LogP contribution in [0.15, 0.2) is 24.4 Å². The molecule has 2 aliphatic rings. The summed E-state index contributed by atoms with van der Waals surface area (Å²) in [6.45, 7) is 7.38. The number of rotatable bonds is 11. The third-order valence-corrected chi connectivity index (χ3v) is 6.94. The van der Waals surface area contributed by atoms with Crippen molar-refractivity contribution in [2.75, 3.05) is 30.4 Å². The number of hydrogen-bond donors (Lipinski definition) is 2. The van der Waals surface area contributed by atoms with Gasteiger partial charge in [0.25, 0.3) is 0 Å². The quantitative estimate of drug-likeness (QED) is 0.347. The minimum Gasteiger partial charge on any atom is -0.360 e. The molecule has 2 unspecified atom stereocenters. The Labute approximate surface area is 194 Å². The summed E-state index contributed by atoms with van der Waals surface area (Å²) in [6, 6.07) is 3.48. The van der Waals surface area contributed by atoms with E-state index in [4.69, 9.17) is 4.74 Å². The van der Waals surface area contributed by atoms with E-state index in [0.29, 0.717) is 23.1 Å². The van der Waals surface area contributed by atoms with Crippen molar-refractivity contribution in [1.29, 1.82) is 0 Å². The Morgan fingerprint density at radius 2 is 2.06 bits per heavy atom. The topological polar surface area (TPSA) is 66.5 Å². The van der Waals surface area contributed by atoms with E-state index in [1.54, 1.807) is 31.5 Å². The summed E-state index contributed by atoms with van der Waals surface area (Å²) in [6.07, 6.45) is 1.92. The second-order valence-electron chi connectivity index (χ2n) is 9.74. The van der Waals surface area contributed by atoms with Crippen LogP contribution in [0.2, 0.25) is 0 Å². The van der Waals surface area contributed by atoms with Gasteiger partial charge in [-0.1, -0.05) is 13.3 Å².